The predicted molar refractivity (Wildman–Crippen MR) is 72.4 cm³/mol. The lowest BCUT2D eigenvalue weighted by Gasteiger charge is -2.28. The maximum atomic E-state index is 12.1. The molecule has 0 aliphatic rings. The van der Waals surface area contributed by atoms with E-state index in [0.717, 1.165) is 12.0 Å². The average Bonchev–Trinajstić information content (AvgIpc) is 2.38. The van der Waals surface area contributed by atoms with E-state index < -0.39 is 0 Å². The Balaban J connectivity index is 2.71. The Morgan fingerprint density at radius 2 is 2.00 bits per heavy atom. The zero-order chi connectivity index (χ0) is 12.9. The number of hydrogen-bond acceptors (Lipinski definition) is 1. The zero-order valence-corrected chi connectivity index (χ0v) is 11.4. The lowest BCUT2D eigenvalue weighted by molar-refractivity contribution is -0.123. The third-order valence-corrected chi connectivity index (χ3v) is 3.78. The summed E-state index contributed by atoms with van der Waals surface area (Å²) >= 11 is 5.89. The minimum Gasteiger partial charge on any atom is -0.349 e. The molecule has 17 heavy (non-hydrogen) atoms. The highest BCUT2D eigenvalue weighted by Crippen LogP contribution is 2.18. The van der Waals surface area contributed by atoms with Crippen LogP contribution in [-0.2, 0) is 4.79 Å². The number of hydrogen-bond donors (Lipinski definition) is 1. The number of benzene rings is 1. The van der Waals surface area contributed by atoms with Crippen molar-refractivity contribution in [2.75, 3.05) is 5.88 Å². The molecule has 1 aromatic rings. The molecular formula is C14H20ClNO. The Bertz CT molecular complexity index is 360. The molecule has 0 heterocycles. The Labute approximate surface area is 108 Å². The van der Waals surface area contributed by atoms with Crippen LogP contribution in [0.2, 0.25) is 0 Å². The summed E-state index contributed by atoms with van der Waals surface area (Å²) in [6.07, 6.45) is 0.823. The molecule has 2 nitrogen and oxygen atoms in total. The molecular weight excluding hydrogens is 234 g/mol. The minimum atomic E-state index is -0.318. The molecule has 0 aliphatic carbocycles. The highest BCUT2D eigenvalue weighted by Gasteiger charge is 2.26. The van der Waals surface area contributed by atoms with Crippen molar-refractivity contribution in [2.45, 2.75) is 38.6 Å². The second kappa shape index (κ2) is 6.06. The lowest BCUT2D eigenvalue weighted by atomic mass is 9.96. The van der Waals surface area contributed by atoms with Crippen molar-refractivity contribution in [1.29, 1.82) is 0 Å². The molecule has 0 bridgehead atoms. The first-order valence-corrected chi connectivity index (χ1v) is 6.49. The second-order valence-corrected chi connectivity index (χ2v) is 4.94. The molecule has 0 spiro atoms. The van der Waals surface area contributed by atoms with Crippen LogP contribution in [0.4, 0.5) is 0 Å². The summed E-state index contributed by atoms with van der Waals surface area (Å²) in [5.41, 5.74) is 0.708. The van der Waals surface area contributed by atoms with E-state index in [9.17, 15) is 4.79 Å². The first-order valence-electron chi connectivity index (χ1n) is 5.95. The van der Waals surface area contributed by atoms with Gasteiger partial charge < -0.3 is 5.32 Å². The Morgan fingerprint density at radius 1 is 1.41 bits per heavy atom. The van der Waals surface area contributed by atoms with Gasteiger partial charge in [0.1, 0.15) is 0 Å². The van der Waals surface area contributed by atoms with Crippen LogP contribution in [0.25, 0.3) is 0 Å². The third-order valence-electron chi connectivity index (χ3n) is 3.19. The molecule has 1 rings (SSSR count). The summed E-state index contributed by atoms with van der Waals surface area (Å²) in [4.78, 5) is 12.1. The minimum absolute atomic E-state index is 0.0289. The molecule has 94 valence electrons. The van der Waals surface area contributed by atoms with Crippen LogP contribution in [0.5, 0.6) is 0 Å². The van der Waals surface area contributed by atoms with Gasteiger partial charge in [0.05, 0.1) is 11.5 Å². The van der Waals surface area contributed by atoms with Crippen molar-refractivity contribution in [2.24, 2.45) is 0 Å². The summed E-state index contributed by atoms with van der Waals surface area (Å²) < 4.78 is 0. The van der Waals surface area contributed by atoms with Crippen molar-refractivity contribution in [3.8, 4) is 0 Å². The molecule has 0 aliphatic heterocycles. The van der Waals surface area contributed by atoms with Crippen molar-refractivity contribution in [3.63, 3.8) is 0 Å². The lowest BCUT2D eigenvalue weighted by Crippen LogP contribution is -2.48. The largest absolute Gasteiger partial charge is 0.349 e. The third kappa shape index (κ3) is 3.74. The standard InChI is InChI=1S/C14H20ClNO/c1-4-14(3,10-15)16-13(17)11(2)12-8-6-5-7-9-12/h5-9,11H,4,10H2,1-3H3,(H,16,17). The van der Waals surface area contributed by atoms with Crippen molar-refractivity contribution in [3.05, 3.63) is 35.9 Å². The van der Waals surface area contributed by atoms with Crippen LogP contribution in [-0.4, -0.2) is 17.3 Å². The zero-order valence-electron chi connectivity index (χ0n) is 10.7. The summed E-state index contributed by atoms with van der Waals surface area (Å²) in [5.74, 6) is 0.308. The number of carbonyl (C=O) groups excluding carboxylic acids is 1. The van der Waals surface area contributed by atoms with Gasteiger partial charge in [0.25, 0.3) is 0 Å². The molecule has 0 aromatic heterocycles. The van der Waals surface area contributed by atoms with Crippen LogP contribution in [0.3, 0.4) is 0 Å². The number of halogens is 1. The van der Waals surface area contributed by atoms with Crippen molar-refractivity contribution < 1.29 is 4.79 Å². The van der Waals surface area contributed by atoms with Crippen molar-refractivity contribution >= 4 is 17.5 Å². The SMILES string of the molecule is CCC(C)(CCl)NC(=O)C(C)c1ccccc1. The van der Waals surface area contributed by atoms with Crippen LogP contribution in [0.15, 0.2) is 30.3 Å². The predicted octanol–water partition coefficient (Wildman–Crippen LogP) is 3.31. The molecule has 1 aromatic carbocycles. The Morgan fingerprint density at radius 3 is 2.47 bits per heavy atom. The number of alkyl halides is 1. The molecule has 0 saturated carbocycles. The monoisotopic (exact) mass is 253 g/mol. The highest BCUT2D eigenvalue weighted by atomic mass is 35.5. The molecule has 1 N–H and O–H groups in total. The van der Waals surface area contributed by atoms with E-state index in [1.165, 1.54) is 0 Å². The van der Waals surface area contributed by atoms with Crippen LogP contribution in [0, 0.1) is 0 Å². The van der Waals surface area contributed by atoms with Gasteiger partial charge in [-0.25, -0.2) is 0 Å². The molecule has 0 saturated heterocycles. The van der Waals surface area contributed by atoms with Crippen LogP contribution < -0.4 is 5.32 Å². The molecule has 0 fully saturated rings. The van der Waals surface area contributed by atoms with E-state index in [-0.39, 0.29) is 17.4 Å². The topological polar surface area (TPSA) is 29.1 Å². The molecule has 1 amide bonds. The van der Waals surface area contributed by atoms with Crippen LogP contribution in [0.1, 0.15) is 38.7 Å². The molecule has 2 unspecified atom stereocenters. The maximum Gasteiger partial charge on any atom is 0.227 e. The van der Waals surface area contributed by atoms with Gasteiger partial charge in [-0.2, -0.15) is 0 Å². The van der Waals surface area contributed by atoms with Gasteiger partial charge in [0.2, 0.25) is 5.91 Å². The Kier molecular flexibility index (Phi) is 5.01. The smallest absolute Gasteiger partial charge is 0.227 e. The molecule has 3 heteroatoms. The normalized spacial score (nSPS) is 16.0. The number of amides is 1. The number of carbonyl (C=O) groups is 1. The van der Waals surface area contributed by atoms with Gasteiger partial charge in [-0.15, -0.1) is 11.6 Å². The van der Waals surface area contributed by atoms with Crippen LogP contribution >= 0.6 is 11.6 Å². The van der Waals surface area contributed by atoms with Crippen molar-refractivity contribution in [1.82, 2.24) is 5.32 Å². The van der Waals surface area contributed by atoms with Gasteiger partial charge in [-0.05, 0) is 25.8 Å². The fraction of sp³-hybridized carbons (Fsp3) is 0.500. The second-order valence-electron chi connectivity index (χ2n) is 4.67. The van der Waals surface area contributed by atoms with E-state index in [4.69, 9.17) is 11.6 Å². The molecule has 0 radical (unpaired) electrons. The van der Waals surface area contributed by atoms with E-state index in [0.29, 0.717) is 5.88 Å². The van der Waals surface area contributed by atoms with Gasteiger partial charge in [0.15, 0.2) is 0 Å². The fourth-order valence-electron chi connectivity index (χ4n) is 1.52. The van der Waals surface area contributed by atoms with Gasteiger partial charge in [-0.1, -0.05) is 37.3 Å². The first-order chi connectivity index (χ1) is 8.02. The van der Waals surface area contributed by atoms with E-state index in [2.05, 4.69) is 5.32 Å². The first kappa shape index (κ1) is 14.0. The van der Waals surface area contributed by atoms with E-state index >= 15 is 0 Å². The Hall–Kier alpha value is -1.02. The average molecular weight is 254 g/mol. The highest BCUT2D eigenvalue weighted by molar-refractivity contribution is 6.18. The molecule has 2 atom stereocenters. The fourth-order valence-corrected chi connectivity index (χ4v) is 1.77. The van der Waals surface area contributed by atoms with Gasteiger partial charge in [0, 0.05) is 5.88 Å². The summed E-state index contributed by atoms with van der Waals surface area (Å²) in [7, 11) is 0. The van der Waals surface area contributed by atoms with Gasteiger partial charge >= 0.3 is 0 Å². The summed E-state index contributed by atoms with van der Waals surface area (Å²) in [6, 6.07) is 9.77. The quantitative estimate of drug-likeness (QED) is 0.802. The summed E-state index contributed by atoms with van der Waals surface area (Å²) in [6.45, 7) is 5.90. The number of nitrogens with one attached hydrogen (secondary N) is 1. The van der Waals surface area contributed by atoms with Gasteiger partial charge in [-0.3, -0.25) is 4.79 Å². The maximum absolute atomic E-state index is 12.1. The summed E-state index contributed by atoms with van der Waals surface area (Å²) in [5, 5.41) is 3.02. The van der Waals surface area contributed by atoms with E-state index in [1.54, 1.807) is 0 Å². The number of rotatable bonds is 5. The van der Waals surface area contributed by atoms with E-state index in [1.807, 2.05) is 51.1 Å².